The van der Waals surface area contributed by atoms with Crippen LogP contribution < -0.4 is 0 Å². The number of fused-ring (bicyclic) bond motifs is 1. The van der Waals surface area contributed by atoms with Crippen LogP contribution in [0.3, 0.4) is 0 Å². The van der Waals surface area contributed by atoms with Crippen LogP contribution in [0.4, 0.5) is 21.7 Å². The lowest BCUT2D eigenvalue weighted by atomic mass is 9.61. The second-order valence-electron chi connectivity index (χ2n) is 5.46. The van der Waals surface area contributed by atoms with Crippen molar-refractivity contribution in [2.75, 3.05) is 0 Å². The Balaban J connectivity index is 1.64. The molecule has 0 unspecified atom stereocenters. The van der Waals surface area contributed by atoms with Crippen molar-refractivity contribution >= 4 is 6.98 Å². The van der Waals surface area contributed by atoms with Gasteiger partial charge in [0.25, 0.3) is 5.92 Å². The fourth-order valence-electron chi connectivity index (χ4n) is 3.78. The summed E-state index contributed by atoms with van der Waals surface area (Å²) in [7, 11) is 0. The Bertz CT molecular complexity index is 305. The van der Waals surface area contributed by atoms with E-state index in [4.69, 9.17) is 0 Å². The maximum absolute atomic E-state index is 13.4. The van der Waals surface area contributed by atoms with Crippen molar-refractivity contribution in [3.8, 4) is 0 Å². The Morgan fingerprint density at radius 2 is 1.53 bits per heavy atom. The monoisotopic (exact) mass is 225 g/mol. The minimum absolute atomic E-state index is 0.0985. The van der Waals surface area contributed by atoms with E-state index in [1.807, 2.05) is 0 Å². The number of alkyl halides is 2. The Labute approximate surface area is 84.3 Å². The summed E-state index contributed by atoms with van der Waals surface area (Å²) in [4.78, 5) is 0. The third-order valence-electron chi connectivity index (χ3n) is 4.68. The molecule has 86 valence electrons. The van der Waals surface area contributed by atoms with Gasteiger partial charge < -0.3 is 12.9 Å². The highest BCUT2D eigenvalue weighted by Gasteiger charge is 2.97. The van der Waals surface area contributed by atoms with Gasteiger partial charge in [-0.15, -0.1) is 0 Å². The van der Waals surface area contributed by atoms with E-state index in [-0.39, 0.29) is 12.8 Å². The molecular formula is C9H11BF5-. The number of halogens is 5. The molecule has 3 aliphatic carbocycles. The largest absolute Gasteiger partial charge is 0.478 e. The molecule has 0 amide bonds. The Morgan fingerprint density at radius 1 is 1.00 bits per heavy atom. The van der Waals surface area contributed by atoms with Gasteiger partial charge in [0.15, 0.2) is 0 Å². The van der Waals surface area contributed by atoms with Gasteiger partial charge in [0.1, 0.15) is 0 Å². The first-order valence-electron chi connectivity index (χ1n) is 5.33. The third-order valence-corrected chi connectivity index (χ3v) is 4.68. The van der Waals surface area contributed by atoms with Crippen LogP contribution >= 0.6 is 0 Å². The molecule has 0 aromatic rings. The maximum atomic E-state index is 13.4. The van der Waals surface area contributed by atoms with Gasteiger partial charge in [-0.2, -0.15) is 0 Å². The van der Waals surface area contributed by atoms with Gasteiger partial charge in [-0.1, -0.05) is 12.2 Å². The van der Waals surface area contributed by atoms with Crippen molar-refractivity contribution in [2.24, 2.45) is 16.7 Å². The molecule has 15 heavy (non-hydrogen) atoms. The molecule has 0 bridgehead atoms. The maximum Gasteiger partial charge on any atom is 0.478 e. The molecule has 3 aliphatic rings. The summed E-state index contributed by atoms with van der Waals surface area (Å²) in [5.41, 5.74) is -1.86. The molecule has 2 spiro atoms. The first-order chi connectivity index (χ1) is 6.74. The number of hydrogen-bond acceptors (Lipinski definition) is 0. The van der Waals surface area contributed by atoms with Gasteiger partial charge in [0, 0.05) is 10.8 Å². The van der Waals surface area contributed by atoms with E-state index in [2.05, 4.69) is 0 Å². The van der Waals surface area contributed by atoms with E-state index in [9.17, 15) is 21.7 Å². The first kappa shape index (κ1) is 9.91. The lowest BCUT2D eigenvalue weighted by molar-refractivity contribution is 0.00412. The third kappa shape index (κ3) is 0.941. The van der Waals surface area contributed by atoms with Gasteiger partial charge in [-0.05, 0) is 25.7 Å². The lowest BCUT2D eigenvalue weighted by Gasteiger charge is -2.39. The smallest absolute Gasteiger partial charge is 0.449 e. The molecule has 3 rings (SSSR count). The molecule has 0 aromatic carbocycles. The van der Waals surface area contributed by atoms with Crippen LogP contribution in [0.15, 0.2) is 0 Å². The zero-order chi connectivity index (χ0) is 11.1. The molecular weight excluding hydrogens is 214 g/mol. The minimum Gasteiger partial charge on any atom is -0.449 e. The van der Waals surface area contributed by atoms with Crippen LogP contribution in [0.25, 0.3) is 0 Å². The standard InChI is InChI=1S/C9H11BF5/c11-9(12)7(1-2-7)8(9)3-6(4-8)5-10(13,14)15/h6H,1-5H2/q-1. The Kier molecular flexibility index (Phi) is 1.46. The zero-order valence-electron chi connectivity index (χ0n) is 8.08. The van der Waals surface area contributed by atoms with Crippen molar-refractivity contribution in [2.45, 2.75) is 37.9 Å². The molecule has 0 nitrogen and oxygen atoms in total. The Hall–Kier alpha value is -0.285. The van der Waals surface area contributed by atoms with E-state index in [1.165, 1.54) is 0 Å². The minimum atomic E-state index is -4.80. The van der Waals surface area contributed by atoms with E-state index >= 15 is 0 Å². The zero-order valence-corrected chi connectivity index (χ0v) is 8.08. The molecule has 3 saturated carbocycles. The summed E-state index contributed by atoms with van der Waals surface area (Å²) in [6.07, 6.45) is 0.407. The molecule has 6 heteroatoms. The highest BCUT2D eigenvalue weighted by Crippen LogP contribution is 2.93. The predicted octanol–water partition coefficient (Wildman–Crippen LogP) is 3.66. The first-order valence-corrected chi connectivity index (χ1v) is 5.33. The molecule has 0 heterocycles. The molecule has 0 radical (unpaired) electrons. The summed E-state index contributed by atoms with van der Waals surface area (Å²) >= 11 is 0. The molecule has 0 aliphatic heterocycles. The molecule has 0 atom stereocenters. The van der Waals surface area contributed by atoms with Crippen molar-refractivity contribution < 1.29 is 21.7 Å². The fourth-order valence-corrected chi connectivity index (χ4v) is 3.78. The van der Waals surface area contributed by atoms with Crippen LogP contribution in [-0.2, 0) is 0 Å². The van der Waals surface area contributed by atoms with Gasteiger partial charge in [-0.3, -0.25) is 0 Å². The Morgan fingerprint density at radius 3 is 1.87 bits per heavy atom. The highest BCUT2D eigenvalue weighted by atomic mass is 19.4. The normalized spacial score (nSPS) is 44.2. The van der Waals surface area contributed by atoms with Crippen LogP contribution in [0.5, 0.6) is 0 Å². The molecule has 0 N–H and O–H groups in total. The second-order valence-corrected chi connectivity index (χ2v) is 5.46. The van der Waals surface area contributed by atoms with Gasteiger partial charge in [0.2, 0.25) is 0 Å². The molecule has 0 saturated heterocycles. The summed E-state index contributed by atoms with van der Waals surface area (Å²) < 4.78 is 63.0. The second kappa shape index (κ2) is 2.20. The van der Waals surface area contributed by atoms with Crippen molar-refractivity contribution in [3.05, 3.63) is 0 Å². The van der Waals surface area contributed by atoms with E-state index in [1.54, 1.807) is 0 Å². The summed E-state index contributed by atoms with van der Waals surface area (Å²) in [6, 6.07) is 0. The summed E-state index contributed by atoms with van der Waals surface area (Å²) in [6.45, 7) is -4.80. The topological polar surface area (TPSA) is 0 Å². The van der Waals surface area contributed by atoms with Gasteiger partial charge in [-0.25, -0.2) is 8.78 Å². The summed E-state index contributed by atoms with van der Waals surface area (Å²) in [5.74, 6) is -3.19. The summed E-state index contributed by atoms with van der Waals surface area (Å²) in [5, 5.41) is 0. The highest BCUT2D eigenvalue weighted by molar-refractivity contribution is 6.58. The van der Waals surface area contributed by atoms with Crippen LogP contribution in [0, 0.1) is 16.7 Å². The predicted molar refractivity (Wildman–Crippen MR) is 45.7 cm³/mol. The van der Waals surface area contributed by atoms with E-state index in [0.717, 1.165) is 0 Å². The average molecular weight is 225 g/mol. The van der Waals surface area contributed by atoms with Crippen molar-refractivity contribution in [1.82, 2.24) is 0 Å². The lowest BCUT2D eigenvalue weighted by Crippen LogP contribution is -2.35. The van der Waals surface area contributed by atoms with Crippen molar-refractivity contribution in [3.63, 3.8) is 0 Å². The number of rotatable bonds is 2. The molecule has 3 fully saturated rings. The molecule has 0 aromatic heterocycles. The fraction of sp³-hybridized carbons (Fsp3) is 1.00. The van der Waals surface area contributed by atoms with Gasteiger partial charge in [0.05, 0.1) is 0 Å². The van der Waals surface area contributed by atoms with Crippen LogP contribution in [0.2, 0.25) is 6.32 Å². The average Bonchev–Trinajstić information content (AvgIpc) is 2.78. The van der Waals surface area contributed by atoms with E-state index in [0.29, 0.717) is 12.8 Å². The number of hydrogen-bond donors (Lipinski definition) is 0. The quantitative estimate of drug-likeness (QED) is 0.496. The van der Waals surface area contributed by atoms with Crippen molar-refractivity contribution in [1.29, 1.82) is 0 Å². The van der Waals surface area contributed by atoms with Crippen LogP contribution in [-0.4, -0.2) is 12.9 Å². The van der Waals surface area contributed by atoms with Gasteiger partial charge >= 0.3 is 6.98 Å². The SMILES string of the molecule is F[B-](F)(F)CC1CC2(C1)C(F)(F)C21CC1. The van der Waals surface area contributed by atoms with Crippen LogP contribution in [0.1, 0.15) is 25.7 Å². The van der Waals surface area contributed by atoms with E-state index < -0.39 is 36.0 Å².